The number of carbonyl (C=O) groups is 4. The number of ether oxygens (including phenoxy) is 1. The average Bonchev–Trinajstić information content (AvgIpc) is 3.54. The minimum Gasteiger partial charge on any atom is -0.456 e. The van der Waals surface area contributed by atoms with E-state index in [1.54, 1.807) is 23.8 Å². The van der Waals surface area contributed by atoms with E-state index in [4.69, 9.17) is 4.74 Å². The minimum absolute atomic E-state index is 0.00511. The van der Waals surface area contributed by atoms with Crippen LogP contribution in [-0.2, 0) is 23.9 Å². The molecule has 1 aromatic carbocycles. The van der Waals surface area contributed by atoms with E-state index in [1.165, 1.54) is 0 Å². The van der Waals surface area contributed by atoms with Crippen LogP contribution < -0.4 is 5.32 Å². The zero-order chi connectivity index (χ0) is 34.1. The predicted molar refractivity (Wildman–Crippen MR) is 182 cm³/mol. The molecule has 0 aromatic heterocycles. The van der Waals surface area contributed by atoms with E-state index in [9.17, 15) is 19.2 Å². The highest BCUT2D eigenvalue weighted by atomic mass is 16.5. The van der Waals surface area contributed by atoms with Crippen LogP contribution in [0.25, 0.3) is 0 Å². The van der Waals surface area contributed by atoms with Gasteiger partial charge in [0.15, 0.2) is 0 Å². The first kappa shape index (κ1) is 37.3. The summed E-state index contributed by atoms with van der Waals surface area (Å²) in [5.41, 5.74) is 1.41. The molecule has 0 spiro atoms. The van der Waals surface area contributed by atoms with Gasteiger partial charge < -0.3 is 19.9 Å². The number of benzene rings is 1. The summed E-state index contributed by atoms with van der Waals surface area (Å²) in [5, 5.41) is 3.10. The Kier molecular flexibility index (Phi) is 13.8. The normalized spacial score (nSPS) is 21.3. The first-order valence-electron chi connectivity index (χ1n) is 17.4. The van der Waals surface area contributed by atoms with E-state index in [0.29, 0.717) is 25.0 Å². The fourth-order valence-corrected chi connectivity index (χ4v) is 6.82. The maximum atomic E-state index is 14.0. The number of rotatable bonds is 13. The smallest absolute Gasteiger partial charge is 0.329 e. The number of likely N-dealkylation sites (N-methyl/N-ethyl adjacent to an activating group) is 1. The number of carbonyl (C=O) groups excluding carboxylic acids is 4. The Morgan fingerprint density at radius 2 is 1.59 bits per heavy atom. The summed E-state index contributed by atoms with van der Waals surface area (Å²) < 4.78 is 5.92. The molecule has 2 saturated heterocycles. The van der Waals surface area contributed by atoms with E-state index in [-0.39, 0.29) is 59.8 Å². The number of hydrogen-bond acceptors (Lipinski definition) is 6. The lowest BCUT2D eigenvalue weighted by Gasteiger charge is -2.39. The predicted octanol–water partition coefficient (Wildman–Crippen LogP) is 5.50. The van der Waals surface area contributed by atoms with Gasteiger partial charge in [0, 0.05) is 25.2 Å². The Morgan fingerprint density at radius 1 is 0.935 bits per heavy atom. The van der Waals surface area contributed by atoms with Crippen molar-refractivity contribution < 1.29 is 23.9 Å². The fraction of sp³-hybridized carbons (Fsp3) is 0.676. The van der Waals surface area contributed by atoms with Crippen LogP contribution >= 0.6 is 0 Å². The van der Waals surface area contributed by atoms with Gasteiger partial charge >= 0.3 is 5.97 Å². The van der Waals surface area contributed by atoms with Crippen molar-refractivity contribution >= 4 is 23.7 Å². The molecule has 3 amide bonds. The summed E-state index contributed by atoms with van der Waals surface area (Å²) in [6.07, 6.45) is 6.24. The molecule has 5 atom stereocenters. The van der Waals surface area contributed by atoms with Crippen molar-refractivity contribution in [1.82, 2.24) is 20.0 Å². The number of esters is 1. The van der Waals surface area contributed by atoms with Crippen LogP contribution in [0.1, 0.15) is 106 Å². The van der Waals surface area contributed by atoms with Crippen LogP contribution in [-0.4, -0.2) is 88.7 Å². The first-order valence-corrected chi connectivity index (χ1v) is 17.4. The van der Waals surface area contributed by atoms with Gasteiger partial charge in [-0.25, -0.2) is 4.79 Å². The van der Waals surface area contributed by atoms with Crippen LogP contribution in [0.2, 0.25) is 0 Å². The lowest BCUT2D eigenvalue weighted by atomic mass is 9.95. The molecule has 3 rings (SSSR count). The van der Waals surface area contributed by atoms with Gasteiger partial charge in [-0.15, -0.1) is 0 Å². The number of nitrogens with zero attached hydrogens (tertiary/aromatic N) is 3. The molecule has 2 aliphatic rings. The van der Waals surface area contributed by atoms with Gasteiger partial charge in [-0.1, -0.05) is 77.4 Å². The first-order chi connectivity index (χ1) is 21.8. The lowest BCUT2D eigenvalue weighted by molar-refractivity contribution is -0.157. The summed E-state index contributed by atoms with van der Waals surface area (Å²) >= 11 is 0. The molecule has 46 heavy (non-hydrogen) atoms. The fourth-order valence-electron chi connectivity index (χ4n) is 6.82. The van der Waals surface area contributed by atoms with Crippen LogP contribution in [0.15, 0.2) is 42.0 Å². The molecule has 256 valence electrons. The average molecular weight is 639 g/mol. The second-order valence-electron chi connectivity index (χ2n) is 14.0. The zero-order valence-corrected chi connectivity index (χ0v) is 29.6. The summed E-state index contributed by atoms with van der Waals surface area (Å²) in [5.74, 6) is -0.995. The lowest BCUT2D eigenvalue weighted by Crippen LogP contribution is -2.58. The molecule has 0 unspecified atom stereocenters. The van der Waals surface area contributed by atoms with Gasteiger partial charge in [0.2, 0.25) is 17.7 Å². The summed E-state index contributed by atoms with van der Waals surface area (Å²) in [4.78, 5) is 60.1. The number of nitrogens with one attached hydrogen (secondary N) is 1. The van der Waals surface area contributed by atoms with Crippen LogP contribution in [0.4, 0.5) is 0 Å². The zero-order valence-electron chi connectivity index (χ0n) is 29.6. The molecule has 0 bridgehead atoms. The van der Waals surface area contributed by atoms with E-state index in [1.807, 2.05) is 71.0 Å². The van der Waals surface area contributed by atoms with E-state index < -0.39 is 12.1 Å². The molecular formula is C37H58N4O5. The van der Waals surface area contributed by atoms with Crippen molar-refractivity contribution in [3.05, 3.63) is 47.5 Å². The second kappa shape index (κ2) is 17.1. The van der Waals surface area contributed by atoms with Crippen molar-refractivity contribution in [3.63, 3.8) is 0 Å². The van der Waals surface area contributed by atoms with Crippen LogP contribution in [0, 0.1) is 11.8 Å². The van der Waals surface area contributed by atoms with Gasteiger partial charge in [-0.3, -0.25) is 19.3 Å². The molecule has 9 heteroatoms. The van der Waals surface area contributed by atoms with Crippen molar-refractivity contribution in [3.8, 4) is 0 Å². The van der Waals surface area contributed by atoms with Gasteiger partial charge in [-0.05, 0) is 76.8 Å². The van der Waals surface area contributed by atoms with Crippen molar-refractivity contribution in [2.24, 2.45) is 11.8 Å². The molecular weight excluding hydrogens is 580 g/mol. The molecule has 1 N–H and O–H groups in total. The molecule has 0 saturated carbocycles. The Bertz CT molecular complexity index is 1210. The van der Waals surface area contributed by atoms with E-state index in [0.717, 1.165) is 37.8 Å². The SMILES string of the molecule is CC[C@H](OC(=O)[C@@H]1CCCN1C(=O)/C(C)=C/[C@H](C(C)C)N(C)C(=O)[C@@H](NC(=O)[C@H]1CCCCN1C(C)C)C(C)C)c1ccccc1. The third-order valence-electron chi connectivity index (χ3n) is 9.56. The number of amides is 3. The summed E-state index contributed by atoms with van der Waals surface area (Å²) in [6.45, 7) is 17.2. The monoisotopic (exact) mass is 638 g/mol. The third-order valence-corrected chi connectivity index (χ3v) is 9.56. The van der Waals surface area contributed by atoms with E-state index >= 15 is 0 Å². The molecule has 2 heterocycles. The maximum absolute atomic E-state index is 14.0. The molecule has 9 nitrogen and oxygen atoms in total. The van der Waals surface area contributed by atoms with Crippen molar-refractivity contribution in [1.29, 1.82) is 0 Å². The van der Waals surface area contributed by atoms with Gasteiger partial charge in [-0.2, -0.15) is 0 Å². The van der Waals surface area contributed by atoms with Crippen LogP contribution in [0.3, 0.4) is 0 Å². The summed E-state index contributed by atoms with van der Waals surface area (Å²) in [6, 6.07) is 7.96. The summed E-state index contributed by atoms with van der Waals surface area (Å²) in [7, 11) is 1.74. The Hall–Kier alpha value is -3.20. The van der Waals surface area contributed by atoms with E-state index in [2.05, 4.69) is 24.1 Å². The van der Waals surface area contributed by atoms with Gasteiger partial charge in [0.25, 0.3) is 0 Å². The van der Waals surface area contributed by atoms with Crippen molar-refractivity contribution in [2.45, 2.75) is 130 Å². The number of hydrogen-bond donors (Lipinski definition) is 1. The Balaban J connectivity index is 1.74. The molecule has 0 aliphatic carbocycles. The van der Waals surface area contributed by atoms with Gasteiger partial charge in [0.1, 0.15) is 18.2 Å². The maximum Gasteiger partial charge on any atom is 0.329 e. The minimum atomic E-state index is -0.687. The molecule has 1 aromatic rings. The molecule has 0 radical (unpaired) electrons. The third kappa shape index (κ3) is 9.20. The molecule has 2 aliphatic heterocycles. The second-order valence-corrected chi connectivity index (χ2v) is 14.0. The Labute approximate surface area is 277 Å². The Morgan fingerprint density at radius 3 is 2.17 bits per heavy atom. The number of piperidine rings is 1. The highest BCUT2D eigenvalue weighted by Crippen LogP contribution is 2.27. The highest BCUT2D eigenvalue weighted by molar-refractivity contribution is 5.96. The van der Waals surface area contributed by atoms with Gasteiger partial charge in [0.05, 0.1) is 12.1 Å². The quantitative estimate of drug-likeness (QED) is 0.226. The van der Waals surface area contributed by atoms with Crippen molar-refractivity contribution in [2.75, 3.05) is 20.1 Å². The number of likely N-dealkylation sites (tertiary alicyclic amines) is 2. The topological polar surface area (TPSA) is 99.3 Å². The van der Waals surface area contributed by atoms with Crippen LogP contribution in [0.5, 0.6) is 0 Å². The molecule has 2 fully saturated rings. The standard InChI is InChI=1S/C37H58N4O5/c1-10-32(28-17-12-11-13-18-28)46-37(45)30-20-16-22-41(30)35(43)27(8)23-31(24(2)3)39(9)36(44)33(25(4)5)38-34(42)29-19-14-15-21-40(29)26(6)7/h11-13,17-18,23-26,29-33H,10,14-16,19-22H2,1-9H3,(H,38,42)/b27-23+/t29-,30+,31-,32+,33+/m1/s1. The largest absolute Gasteiger partial charge is 0.456 e. The highest BCUT2D eigenvalue weighted by Gasteiger charge is 2.38.